The lowest BCUT2D eigenvalue weighted by Gasteiger charge is -2.28. The minimum absolute atomic E-state index is 0.279. The van der Waals surface area contributed by atoms with Crippen LogP contribution in [0, 0.1) is 0 Å². The van der Waals surface area contributed by atoms with E-state index < -0.39 is 0 Å². The summed E-state index contributed by atoms with van der Waals surface area (Å²) >= 11 is 5.92. The number of hydrogen-bond donors (Lipinski definition) is 1. The van der Waals surface area contributed by atoms with Gasteiger partial charge in [0.05, 0.1) is 0 Å². The fraction of sp³-hybridized carbons (Fsp3) is 0.333. The summed E-state index contributed by atoms with van der Waals surface area (Å²) in [5.41, 5.74) is 6.61. The van der Waals surface area contributed by atoms with Crippen molar-refractivity contribution in [2.45, 2.75) is 24.8 Å². The molecule has 0 aliphatic heterocycles. The van der Waals surface area contributed by atoms with E-state index in [9.17, 15) is 0 Å². The summed E-state index contributed by atoms with van der Waals surface area (Å²) in [5, 5.41) is 4.64. The second kappa shape index (κ2) is 4.13. The summed E-state index contributed by atoms with van der Waals surface area (Å²) in [6.45, 7) is 0. The van der Waals surface area contributed by atoms with Gasteiger partial charge in [-0.15, -0.1) is 0 Å². The number of nitrogens with zero attached hydrogens (tertiary/aromatic N) is 2. The van der Waals surface area contributed by atoms with Crippen LogP contribution >= 0.6 is 11.6 Å². The smallest absolute Gasteiger partial charge is 0.230 e. The summed E-state index contributed by atoms with van der Waals surface area (Å²) < 4.78 is 5.25. The SMILES string of the molecule is NC1CC(c2nc(-c3cccc(Cl)c3)no2)C1. The standard InChI is InChI=1S/C12H12ClN3O/c13-9-3-1-2-7(4-9)11-15-12(17-16-11)8-5-10(14)6-8/h1-4,8,10H,5-6,14H2. The molecule has 0 radical (unpaired) electrons. The van der Waals surface area contributed by atoms with Crippen molar-refractivity contribution in [3.8, 4) is 11.4 Å². The molecule has 4 nitrogen and oxygen atoms in total. The summed E-state index contributed by atoms with van der Waals surface area (Å²) in [6, 6.07) is 7.70. The molecule has 0 bridgehead atoms. The van der Waals surface area contributed by atoms with Crippen molar-refractivity contribution in [2.24, 2.45) is 5.73 Å². The molecule has 3 rings (SSSR count). The van der Waals surface area contributed by atoms with Crippen LogP contribution in [0.25, 0.3) is 11.4 Å². The quantitative estimate of drug-likeness (QED) is 0.889. The molecule has 1 fully saturated rings. The molecule has 17 heavy (non-hydrogen) atoms. The van der Waals surface area contributed by atoms with E-state index in [1.807, 2.05) is 24.3 Å². The second-order valence-electron chi connectivity index (χ2n) is 4.39. The second-order valence-corrected chi connectivity index (χ2v) is 4.83. The fourth-order valence-corrected chi connectivity index (χ4v) is 2.20. The maximum Gasteiger partial charge on any atom is 0.230 e. The van der Waals surface area contributed by atoms with Gasteiger partial charge in [0.2, 0.25) is 11.7 Å². The van der Waals surface area contributed by atoms with Gasteiger partial charge in [0.1, 0.15) is 0 Å². The summed E-state index contributed by atoms with van der Waals surface area (Å²) in [4.78, 5) is 4.39. The molecule has 0 spiro atoms. The van der Waals surface area contributed by atoms with E-state index in [4.69, 9.17) is 21.9 Å². The zero-order chi connectivity index (χ0) is 11.8. The fourth-order valence-electron chi connectivity index (χ4n) is 2.01. The lowest BCUT2D eigenvalue weighted by Crippen LogP contribution is -2.34. The minimum Gasteiger partial charge on any atom is -0.339 e. The largest absolute Gasteiger partial charge is 0.339 e. The Bertz CT molecular complexity index is 534. The maximum atomic E-state index is 5.92. The molecule has 88 valence electrons. The monoisotopic (exact) mass is 249 g/mol. The van der Waals surface area contributed by atoms with Crippen LogP contribution in [0.1, 0.15) is 24.7 Å². The highest BCUT2D eigenvalue weighted by molar-refractivity contribution is 6.30. The highest BCUT2D eigenvalue weighted by Gasteiger charge is 2.31. The summed E-state index contributed by atoms with van der Waals surface area (Å²) in [6.07, 6.45) is 1.86. The van der Waals surface area contributed by atoms with Gasteiger partial charge in [0, 0.05) is 22.5 Å². The Kier molecular flexibility index (Phi) is 2.61. The van der Waals surface area contributed by atoms with Crippen LogP contribution in [0.3, 0.4) is 0 Å². The van der Waals surface area contributed by atoms with E-state index in [0.29, 0.717) is 22.7 Å². The molecule has 1 aromatic carbocycles. The van der Waals surface area contributed by atoms with Gasteiger partial charge in [-0.2, -0.15) is 4.98 Å². The van der Waals surface area contributed by atoms with Crippen molar-refractivity contribution in [3.05, 3.63) is 35.2 Å². The molecule has 0 amide bonds. The number of nitrogens with two attached hydrogens (primary N) is 1. The Morgan fingerprint density at radius 3 is 2.88 bits per heavy atom. The predicted molar refractivity (Wildman–Crippen MR) is 64.7 cm³/mol. The van der Waals surface area contributed by atoms with Crippen molar-refractivity contribution in [1.29, 1.82) is 0 Å². The average Bonchev–Trinajstić information content (AvgIpc) is 2.74. The molecule has 5 heteroatoms. The van der Waals surface area contributed by atoms with Gasteiger partial charge in [-0.05, 0) is 25.0 Å². The third kappa shape index (κ3) is 2.06. The lowest BCUT2D eigenvalue weighted by atomic mass is 9.81. The molecule has 1 saturated carbocycles. The van der Waals surface area contributed by atoms with Crippen molar-refractivity contribution in [2.75, 3.05) is 0 Å². The number of halogens is 1. The zero-order valence-corrected chi connectivity index (χ0v) is 9.89. The minimum atomic E-state index is 0.279. The topological polar surface area (TPSA) is 64.9 Å². The Morgan fingerprint density at radius 1 is 1.35 bits per heavy atom. The highest BCUT2D eigenvalue weighted by Crippen LogP contribution is 2.35. The van der Waals surface area contributed by atoms with Gasteiger partial charge < -0.3 is 10.3 Å². The molecule has 2 N–H and O–H groups in total. The van der Waals surface area contributed by atoms with Crippen LogP contribution in [0.2, 0.25) is 5.02 Å². The molecular formula is C12H12ClN3O. The van der Waals surface area contributed by atoms with Crippen LogP contribution in [0.15, 0.2) is 28.8 Å². The average molecular weight is 250 g/mol. The third-order valence-electron chi connectivity index (χ3n) is 3.05. The van der Waals surface area contributed by atoms with E-state index in [0.717, 1.165) is 18.4 Å². The van der Waals surface area contributed by atoms with Gasteiger partial charge in [-0.25, -0.2) is 0 Å². The Morgan fingerprint density at radius 2 is 2.18 bits per heavy atom. The summed E-state index contributed by atoms with van der Waals surface area (Å²) in [5.74, 6) is 1.59. The molecule has 1 aromatic heterocycles. The Labute approximate surface area is 104 Å². The first-order chi connectivity index (χ1) is 8.22. The number of hydrogen-bond acceptors (Lipinski definition) is 4. The number of rotatable bonds is 2. The molecule has 0 saturated heterocycles. The Hall–Kier alpha value is -1.39. The molecule has 0 unspecified atom stereocenters. The van der Waals surface area contributed by atoms with E-state index in [-0.39, 0.29) is 6.04 Å². The number of benzene rings is 1. The van der Waals surface area contributed by atoms with Crippen LogP contribution in [0.4, 0.5) is 0 Å². The van der Waals surface area contributed by atoms with Crippen LogP contribution < -0.4 is 5.73 Å². The normalized spacial score (nSPS) is 23.4. The first-order valence-corrected chi connectivity index (χ1v) is 5.95. The van der Waals surface area contributed by atoms with Crippen molar-refractivity contribution in [3.63, 3.8) is 0 Å². The van der Waals surface area contributed by atoms with Gasteiger partial charge in [0.15, 0.2) is 0 Å². The molecule has 1 aliphatic rings. The van der Waals surface area contributed by atoms with Gasteiger partial charge in [0.25, 0.3) is 0 Å². The zero-order valence-electron chi connectivity index (χ0n) is 9.14. The van der Waals surface area contributed by atoms with Gasteiger partial charge >= 0.3 is 0 Å². The van der Waals surface area contributed by atoms with Crippen molar-refractivity contribution in [1.82, 2.24) is 10.1 Å². The van der Waals surface area contributed by atoms with Gasteiger partial charge in [-0.3, -0.25) is 0 Å². The molecule has 2 aromatic rings. The molecule has 1 aliphatic carbocycles. The first kappa shape index (κ1) is 10.7. The summed E-state index contributed by atoms with van der Waals surface area (Å²) in [7, 11) is 0. The van der Waals surface area contributed by atoms with Crippen molar-refractivity contribution >= 4 is 11.6 Å². The lowest BCUT2D eigenvalue weighted by molar-refractivity contribution is 0.265. The highest BCUT2D eigenvalue weighted by atomic mass is 35.5. The van der Waals surface area contributed by atoms with Crippen LogP contribution in [-0.4, -0.2) is 16.2 Å². The predicted octanol–water partition coefficient (Wildman–Crippen LogP) is 2.59. The van der Waals surface area contributed by atoms with Gasteiger partial charge in [-0.1, -0.05) is 28.9 Å². The third-order valence-corrected chi connectivity index (χ3v) is 3.28. The first-order valence-electron chi connectivity index (χ1n) is 5.57. The van der Waals surface area contributed by atoms with E-state index >= 15 is 0 Å². The van der Waals surface area contributed by atoms with E-state index in [1.54, 1.807) is 0 Å². The molecule has 1 heterocycles. The maximum absolute atomic E-state index is 5.92. The molecule has 0 atom stereocenters. The Balaban J connectivity index is 1.85. The number of aromatic nitrogens is 2. The van der Waals surface area contributed by atoms with E-state index in [2.05, 4.69) is 10.1 Å². The molecular weight excluding hydrogens is 238 g/mol. The van der Waals surface area contributed by atoms with Crippen LogP contribution in [0.5, 0.6) is 0 Å². The van der Waals surface area contributed by atoms with Crippen molar-refractivity contribution < 1.29 is 4.52 Å². The van der Waals surface area contributed by atoms with E-state index in [1.165, 1.54) is 0 Å². The van der Waals surface area contributed by atoms with Crippen LogP contribution in [-0.2, 0) is 0 Å².